The Balaban J connectivity index is 0.000000167. The van der Waals surface area contributed by atoms with Crippen molar-refractivity contribution in [2.24, 2.45) is 5.73 Å². The van der Waals surface area contributed by atoms with E-state index in [1.807, 2.05) is 9.80 Å². The summed E-state index contributed by atoms with van der Waals surface area (Å²) < 4.78 is 87.5. The van der Waals surface area contributed by atoms with Crippen LogP contribution in [0, 0.1) is 77.6 Å². The van der Waals surface area contributed by atoms with Crippen molar-refractivity contribution in [2.45, 2.75) is 109 Å². The number of imidazole rings is 1. The standard InChI is InChI=1S/C16H21N5O3.C10H10BrFN2O2.C10H8BrFN2.C10H12BrFN2.C10H11FN2O2.C6H3F2NO2.C5H10/c1-5-12-14(15(17)23)16(18-3)21(19-12)10-7-11(9-24-4)20(8-10)13(22)6-2;11-7-5-10(14(15)16)9(6-8(7)12)13-3-1-2-4-13;11-6-4-8-9(5-7(6)12)14-3-1-2-10(14)13-8;11-7-5-9(13)10(6-8(7)12)14-3-1-2-4-14;11-8-3-4-9(13(14)15)10(7-8)12-5-1-2-6-12;7-4-1-2-6(9(10)11)5(8)3-4;1-2-4-5-3-1/h1,6,10-11,18H,2,7-9H2,3-4H3,(H2,17,23);5-6H,1-4H2;4-5H,1-3H2;5-6H,1-4,13H2;3-4,7H,1-2,5-6H2;1-3H;1-5H2/t10-,11+;;;;;;/m0....../s1. The summed E-state index contributed by atoms with van der Waals surface area (Å²) >= 11 is 9.24. The lowest BCUT2D eigenvalue weighted by atomic mass is 10.1. The van der Waals surface area contributed by atoms with E-state index in [1.54, 1.807) is 41.9 Å². The van der Waals surface area contributed by atoms with Gasteiger partial charge in [-0.25, -0.2) is 31.6 Å². The van der Waals surface area contributed by atoms with Crippen LogP contribution in [0.4, 0.5) is 72.0 Å². The molecule has 1 aliphatic carbocycles. The van der Waals surface area contributed by atoms with Gasteiger partial charge in [0, 0.05) is 121 Å². The summed E-state index contributed by atoms with van der Waals surface area (Å²) in [4.78, 5) is 65.5. The number of nitrogens with zero attached hydrogens (tertiary/aromatic N) is 11. The molecule has 0 spiro atoms. The first-order chi connectivity index (χ1) is 47.3. The maximum Gasteiger partial charge on any atom is 0.304 e. The number of nitrogens with one attached hydrogen (secondary N) is 1. The molecule has 5 N–H and O–H groups in total. The SMILES string of the molecule is C#Cc1nn([C@H]2C[C@H](COC)N(C(=O)C=C)C2)c(NC)c1C(N)=O.C1CCCC1.Fc1cc2c(cc1Br)nc1n2CCC1.Nc1cc(Br)c(F)cc1N1CCCC1.O=[N+]([O-])c1cc(Br)c(F)cc1N1CCCC1.O=[N+]([O-])c1ccc(F)cc1F.O=[N+]([O-])c1ccc(F)cc1N1CCCC1. The van der Waals surface area contributed by atoms with Gasteiger partial charge < -0.3 is 45.7 Å². The lowest BCUT2D eigenvalue weighted by Crippen LogP contribution is -2.37. The largest absolute Gasteiger partial charge is 0.397 e. The van der Waals surface area contributed by atoms with Crippen molar-refractivity contribution in [1.82, 2.24) is 24.2 Å². The van der Waals surface area contributed by atoms with Crippen LogP contribution < -0.4 is 31.5 Å². The molecule has 99 heavy (non-hydrogen) atoms. The fourth-order valence-electron chi connectivity index (χ4n) is 12.1. The third-order valence-electron chi connectivity index (χ3n) is 16.9. The van der Waals surface area contributed by atoms with Crippen LogP contribution >= 0.6 is 47.8 Å². The highest BCUT2D eigenvalue weighted by molar-refractivity contribution is 9.11. The van der Waals surface area contributed by atoms with Crippen LogP contribution in [0.15, 0.2) is 98.9 Å². The average molecular weight is 1570 g/mol. The molecule has 23 nitrogen and oxygen atoms in total. The van der Waals surface area contributed by atoms with Crippen molar-refractivity contribution in [1.29, 1.82) is 0 Å². The number of aryl methyl sites for hydroxylation is 2. The van der Waals surface area contributed by atoms with Gasteiger partial charge in [0.1, 0.15) is 63.4 Å². The number of benzene rings is 5. The minimum Gasteiger partial charge on any atom is -0.397 e. The van der Waals surface area contributed by atoms with Crippen molar-refractivity contribution in [3.63, 3.8) is 0 Å². The summed E-state index contributed by atoms with van der Waals surface area (Å²) in [6.07, 6.45) is 23.3. The van der Waals surface area contributed by atoms with E-state index < -0.39 is 49.6 Å². The Kier molecular flexibility index (Phi) is 28.9. The number of methoxy groups -OCH3 is 1. The number of nitrogen functional groups attached to an aromatic ring is 1. The van der Waals surface area contributed by atoms with Crippen molar-refractivity contribution in [3.8, 4) is 12.3 Å². The molecule has 5 aromatic carbocycles. The van der Waals surface area contributed by atoms with E-state index in [2.05, 4.69) is 85.2 Å². The average Bonchev–Trinajstić information content (AvgIpc) is 1.65. The summed E-state index contributed by atoms with van der Waals surface area (Å²) in [5, 5.41) is 38.9. The highest BCUT2D eigenvalue weighted by atomic mass is 79.9. The fourth-order valence-corrected chi connectivity index (χ4v) is 13.2. The number of amides is 2. The number of hydrogen-bond donors (Lipinski definition) is 3. The molecule has 0 radical (unpaired) electrons. The summed E-state index contributed by atoms with van der Waals surface area (Å²) in [7, 11) is 3.24. The molecule has 4 saturated heterocycles. The van der Waals surface area contributed by atoms with Gasteiger partial charge in [-0.1, -0.05) is 38.7 Å². The van der Waals surface area contributed by atoms with Crippen molar-refractivity contribution in [3.05, 3.63) is 181 Å². The third-order valence-corrected chi connectivity index (χ3v) is 18.7. The van der Waals surface area contributed by atoms with Gasteiger partial charge in [0.2, 0.25) is 11.7 Å². The van der Waals surface area contributed by atoms with Crippen LogP contribution in [0.5, 0.6) is 0 Å². The van der Waals surface area contributed by atoms with Crippen LogP contribution in [-0.4, -0.2) is 123 Å². The second kappa shape index (κ2) is 36.9. The van der Waals surface area contributed by atoms with Crippen molar-refractivity contribution in [2.75, 3.05) is 92.3 Å². The summed E-state index contributed by atoms with van der Waals surface area (Å²) in [5.41, 5.74) is 14.9. The lowest BCUT2D eigenvalue weighted by molar-refractivity contribution is -0.387. The Morgan fingerprint density at radius 1 is 0.677 bits per heavy atom. The Morgan fingerprint density at radius 3 is 1.68 bits per heavy atom. The van der Waals surface area contributed by atoms with Crippen LogP contribution in [0.1, 0.15) is 111 Å². The summed E-state index contributed by atoms with van der Waals surface area (Å²) in [6.45, 7) is 10.3. The number of hydrogen-bond acceptors (Lipinski definition) is 16. The number of halogens is 9. The highest BCUT2D eigenvalue weighted by Gasteiger charge is 2.38. The minimum atomic E-state index is -1.16. The quantitative estimate of drug-likeness (QED) is 0.0256. The number of ether oxygens (including phenoxy) is 1. The van der Waals surface area contributed by atoms with Gasteiger partial charge in [0.05, 0.1) is 69.3 Å². The third kappa shape index (κ3) is 20.4. The zero-order valence-corrected chi connectivity index (χ0v) is 59.1. The molecule has 0 bridgehead atoms. The molecule has 7 aromatic rings. The number of fused-ring (bicyclic) bond motifs is 3. The number of likely N-dealkylation sites (tertiary alicyclic amines) is 1. The van der Waals surface area contributed by atoms with Crippen LogP contribution in [0.3, 0.4) is 0 Å². The van der Waals surface area contributed by atoms with Crippen LogP contribution in [0.2, 0.25) is 0 Å². The maximum absolute atomic E-state index is 13.4. The fraction of sp³-hybridized carbons (Fsp3) is 0.403. The van der Waals surface area contributed by atoms with Gasteiger partial charge in [-0.05, 0) is 135 Å². The molecule has 530 valence electrons. The molecule has 5 fully saturated rings. The molecule has 0 unspecified atom stereocenters. The first-order valence-corrected chi connectivity index (χ1v) is 34.2. The predicted octanol–water partition coefficient (Wildman–Crippen LogP) is 14.9. The van der Waals surface area contributed by atoms with Crippen molar-refractivity contribution < 1.29 is 55.4 Å². The van der Waals surface area contributed by atoms with Crippen LogP contribution in [0.25, 0.3) is 11.0 Å². The molecule has 13 rings (SSSR count). The Morgan fingerprint density at radius 2 is 1.17 bits per heavy atom. The van der Waals surface area contributed by atoms with E-state index >= 15 is 0 Å². The number of primary amides is 1. The number of nitro groups is 3. The van der Waals surface area contributed by atoms with Crippen LogP contribution in [-0.2, 0) is 22.5 Å². The topological polar surface area (TPSA) is 285 Å². The minimum absolute atomic E-state index is 0.0155. The monoisotopic (exact) mass is 1570 g/mol. The Bertz CT molecular complexity index is 4080. The smallest absolute Gasteiger partial charge is 0.304 e. The number of terminal acetylenes is 1. The van der Waals surface area contributed by atoms with E-state index in [4.69, 9.17) is 22.6 Å². The number of aromatic nitrogens is 4. The molecule has 7 heterocycles. The number of rotatable bonds is 12. The number of carbonyl (C=O) groups is 2. The molecule has 2 amide bonds. The second-order valence-corrected chi connectivity index (χ2v) is 26.0. The molecule has 5 aliphatic heterocycles. The zero-order valence-electron chi connectivity index (χ0n) is 54.4. The van der Waals surface area contributed by atoms with Gasteiger partial charge in [-0.15, -0.1) is 6.42 Å². The van der Waals surface area contributed by atoms with Crippen molar-refractivity contribution >= 4 is 116 Å². The predicted molar refractivity (Wildman–Crippen MR) is 378 cm³/mol. The van der Waals surface area contributed by atoms with E-state index in [0.29, 0.717) is 57.5 Å². The van der Waals surface area contributed by atoms with E-state index in [9.17, 15) is 66.3 Å². The van der Waals surface area contributed by atoms with E-state index in [0.717, 1.165) is 138 Å². The first-order valence-electron chi connectivity index (χ1n) is 31.8. The van der Waals surface area contributed by atoms with Gasteiger partial charge in [-0.2, -0.15) is 9.49 Å². The lowest BCUT2D eigenvalue weighted by Gasteiger charge is -2.22. The Labute approximate surface area is 592 Å². The maximum atomic E-state index is 13.4. The van der Waals surface area contributed by atoms with E-state index in [-0.39, 0.29) is 56.7 Å². The molecular weight excluding hydrogens is 1500 g/mol. The van der Waals surface area contributed by atoms with E-state index in [1.165, 1.54) is 68.5 Å². The zero-order chi connectivity index (χ0) is 72.2. The number of nitro benzene ring substituents is 3. The van der Waals surface area contributed by atoms with Gasteiger partial charge in [0.25, 0.3) is 17.3 Å². The number of anilines is 5. The van der Waals surface area contributed by atoms with Gasteiger partial charge in [0.15, 0.2) is 0 Å². The summed E-state index contributed by atoms with van der Waals surface area (Å²) in [5.74, 6) is -0.254. The first kappa shape index (κ1) is 77.6. The molecular formula is C67H75Br3F6N14O9. The molecule has 6 aliphatic rings. The molecule has 1 saturated carbocycles. The number of carbonyl (C=O) groups excluding carboxylic acids is 2. The van der Waals surface area contributed by atoms with Gasteiger partial charge >= 0.3 is 5.69 Å². The second-order valence-electron chi connectivity index (χ2n) is 23.4. The molecule has 2 atom stereocenters. The van der Waals surface area contributed by atoms with Gasteiger partial charge in [-0.3, -0.25) is 39.9 Å². The number of nitrogens with two attached hydrogens (primary N) is 2. The molecule has 2 aromatic heterocycles. The highest BCUT2D eigenvalue weighted by Crippen LogP contribution is 2.37. The summed E-state index contributed by atoms with van der Waals surface area (Å²) in [6, 6.07) is 14.3. The molecule has 32 heteroatoms. The Hall–Kier alpha value is -8.80. The normalized spacial score (nSPS) is 16.4.